The lowest BCUT2D eigenvalue weighted by Crippen LogP contribution is -2.33. The Morgan fingerprint density at radius 3 is 2.75 bits per heavy atom. The van der Waals surface area contributed by atoms with Gasteiger partial charge in [-0.15, -0.1) is 0 Å². The van der Waals surface area contributed by atoms with E-state index in [0.29, 0.717) is 12.1 Å². The standard InChI is InChI=1S/C18H30N2/c1-14(2)19-13-17-9-10-18(15(3)12-17)20-11-7-5-6-8-16(20)4/h9-10,12,14,16,19H,5-8,11,13H2,1-4H3. The predicted octanol–water partition coefficient (Wildman–Crippen LogP) is 4.26. The minimum atomic E-state index is 0.542. The first kappa shape index (κ1) is 15.4. The number of aryl methyl sites for hydroxylation is 1. The SMILES string of the molecule is Cc1cc(CNC(C)C)ccc1N1CCCCCC1C. The van der Waals surface area contributed by atoms with Crippen molar-refractivity contribution < 1.29 is 0 Å². The van der Waals surface area contributed by atoms with Crippen molar-refractivity contribution in [2.24, 2.45) is 0 Å². The minimum absolute atomic E-state index is 0.542. The van der Waals surface area contributed by atoms with Gasteiger partial charge in [-0.05, 0) is 43.9 Å². The Morgan fingerprint density at radius 1 is 1.25 bits per heavy atom. The van der Waals surface area contributed by atoms with Gasteiger partial charge in [0.05, 0.1) is 0 Å². The lowest BCUT2D eigenvalue weighted by atomic mass is 10.1. The fraction of sp³-hybridized carbons (Fsp3) is 0.667. The largest absolute Gasteiger partial charge is 0.369 e. The van der Waals surface area contributed by atoms with Crippen molar-refractivity contribution in [2.45, 2.75) is 72.0 Å². The normalized spacial score (nSPS) is 20.2. The molecule has 0 radical (unpaired) electrons. The van der Waals surface area contributed by atoms with Gasteiger partial charge in [0.25, 0.3) is 0 Å². The van der Waals surface area contributed by atoms with Crippen LogP contribution < -0.4 is 10.2 Å². The maximum Gasteiger partial charge on any atom is 0.0398 e. The average Bonchev–Trinajstić information content (AvgIpc) is 2.61. The molecule has 0 aliphatic carbocycles. The van der Waals surface area contributed by atoms with Gasteiger partial charge in [0.15, 0.2) is 0 Å². The topological polar surface area (TPSA) is 15.3 Å². The Morgan fingerprint density at radius 2 is 2.05 bits per heavy atom. The molecule has 2 heteroatoms. The molecule has 2 nitrogen and oxygen atoms in total. The van der Waals surface area contributed by atoms with Crippen LogP contribution in [0.4, 0.5) is 5.69 Å². The van der Waals surface area contributed by atoms with E-state index in [9.17, 15) is 0 Å². The summed E-state index contributed by atoms with van der Waals surface area (Å²) >= 11 is 0. The van der Waals surface area contributed by atoms with E-state index in [4.69, 9.17) is 0 Å². The number of benzene rings is 1. The van der Waals surface area contributed by atoms with Gasteiger partial charge in [0.1, 0.15) is 0 Å². The second-order valence-corrected chi connectivity index (χ2v) is 6.55. The summed E-state index contributed by atoms with van der Waals surface area (Å²) in [4.78, 5) is 2.61. The van der Waals surface area contributed by atoms with Crippen LogP contribution in [0.1, 0.15) is 57.6 Å². The summed E-state index contributed by atoms with van der Waals surface area (Å²) in [5.41, 5.74) is 4.25. The number of anilines is 1. The summed E-state index contributed by atoms with van der Waals surface area (Å²) in [7, 11) is 0. The molecule has 0 spiro atoms. The first-order valence-corrected chi connectivity index (χ1v) is 8.17. The van der Waals surface area contributed by atoms with Crippen LogP contribution in [0.15, 0.2) is 18.2 Å². The fourth-order valence-electron chi connectivity index (χ4n) is 3.10. The molecule has 0 saturated carbocycles. The van der Waals surface area contributed by atoms with Crippen molar-refractivity contribution in [3.8, 4) is 0 Å². The summed E-state index contributed by atoms with van der Waals surface area (Å²) in [6.07, 6.45) is 5.43. The van der Waals surface area contributed by atoms with E-state index in [2.05, 4.69) is 56.1 Å². The van der Waals surface area contributed by atoms with Gasteiger partial charge >= 0.3 is 0 Å². The Kier molecular flexibility index (Phi) is 5.47. The minimum Gasteiger partial charge on any atom is -0.369 e. The van der Waals surface area contributed by atoms with Crippen molar-refractivity contribution in [3.05, 3.63) is 29.3 Å². The van der Waals surface area contributed by atoms with E-state index in [1.807, 2.05) is 0 Å². The van der Waals surface area contributed by atoms with Gasteiger partial charge in [-0.25, -0.2) is 0 Å². The lowest BCUT2D eigenvalue weighted by Gasteiger charge is -2.31. The van der Waals surface area contributed by atoms with Gasteiger partial charge in [0, 0.05) is 30.9 Å². The van der Waals surface area contributed by atoms with Crippen LogP contribution in [0.3, 0.4) is 0 Å². The van der Waals surface area contributed by atoms with Gasteiger partial charge < -0.3 is 10.2 Å². The average molecular weight is 274 g/mol. The molecule has 1 aliphatic heterocycles. The Balaban J connectivity index is 2.11. The van der Waals surface area contributed by atoms with Crippen LogP contribution in [-0.2, 0) is 6.54 Å². The van der Waals surface area contributed by atoms with Gasteiger partial charge in [-0.3, -0.25) is 0 Å². The number of nitrogens with one attached hydrogen (secondary N) is 1. The zero-order valence-corrected chi connectivity index (χ0v) is 13.6. The van der Waals surface area contributed by atoms with Crippen LogP contribution in [0.25, 0.3) is 0 Å². The fourth-order valence-corrected chi connectivity index (χ4v) is 3.10. The van der Waals surface area contributed by atoms with E-state index >= 15 is 0 Å². The van der Waals surface area contributed by atoms with Gasteiger partial charge in [-0.2, -0.15) is 0 Å². The monoisotopic (exact) mass is 274 g/mol. The highest BCUT2D eigenvalue weighted by Crippen LogP contribution is 2.27. The second-order valence-electron chi connectivity index (χ2n) is 6.55. The zero-order chi connectivity index (χ0) is 14.5. The summed E-state index contributed by atoms with van der Waals surface area (Å²) in [6.45, 7) is 11.2. The number of hydrogen-bond acceptors (Lipinski definition) is 2. The molecule has 1 aromatic rings. The van der Waals surface area contributed by atoms with Crippen LogP contribution in [0, 0.1) is 6.92 Å². The molecule has 1 aliphatic rings. The van der Waals surface area contributed by atoms with Crippen LogP contribution in [0.2, 0.25) is 0 Å². The Labute approximate surface area is 124 Å². The van der Waals surface area contributed by atoms with Crippen LogP contribution in [-0.4, -0.2) is 18.6 Å². The van der Waals surface area contributed by atoms with E-state index in [1.54, 1.807) is 0 Å². The van der Waals surface area contributed by atoms with E-state index in [0.717, 1.165) is 6.54 Å². The smallest absolute Gasteiger partial charge is 0.0398 e. The van der Waals surface area contributed by atoms with Gasteiger partial charge in [-0.1, -0.05) is 38.8 Å². The Bertz CT molecular complexity index is 425. The third-order valence-electron chi connectivity index (χ3n) is 4.34. The molecule has 20 heavy (non-hydrogen) atoms. The summed E-state index contributed by atoms with van der Waals surface area (Å²) < 4.78 is 0. The van der Waals surface area contributed by atoms with Crippen LogP contribution >= 0.6 is 0 Å². The molecule has 112 valence electrons. The lowest BCUT2D eigenvalue weighted by molar-refractivity contribution is 0.588. The van der Waals surface area contributed by atoms with E-state index in [-0.39, 0.29) is 0 Å². The molecule has 1 unspecified atom stereocenters. The Hall–Kier alpha value is -1.02. The van der Waals surface area contributed by atoms with Crippen LogP contribution in [0.5, 0.6) is 0 Å². The summed E-state index contributed by atoms with van der Waals surface area (Å²) in [6, 6.07) is 8.18. The first-order valence-electron chi connectivity index (χ1n) is 8.17. The molecular weight excluding hydrogens is 244 g/mol. The quantitative estimate of drug-likeness (QED) is 0.882. The number of rotatable bonds is 4. The highest BCUT2D eigenvalue weighted by atomic mass is 15.2. The van der Waals surface area contributed by atoms with Crippen molar-refractivity contribution in [3.63, 3.8) is 0 Å². The molecule has 1 saturated heterocycles. The molecular formula is C18H30N2. The second kappa shape index (κ2) is 7.12. The first-order chi connectivity index (χ1) is 9.58. The summed E-state index contributed by atoms with van der Waals surface area (Å²) in [5, 5.41) is 3.49. The van der Waals surface area contributed by atoms with Crippen molar-refractivity contribution in [1.29, 1.82) is 0 Å². The summed E-state index contributed by atoms with van der Waals surface area (Å²) in [5.74, 6) is 0. The van der Waals surface area contributed by atoms with E-state index in [1.165, 1.54) is 49.0 Å². The van der Waals surface area contributed by atoms with Gasteiger partial charge in [0.2, 0.25) is 0 Å². The molecule has 2 rings (SSSR count). The number of hydrogen-bond donors (Lipinski definition) is 1. The molecule has 0 amide bonds. The maximum absolute atomic E-state index is 3.49. The van der Waals surface area contributed by atoms with Crippen molar-refractivity contribution >= 4 is 5.69 Å². The maximum atomic E-state index is 3.49. The number of nitrogens with zero attached hydrogens (tertiary/aromatic N) is 1. The molecule has 1 heterocycles. The van der Waals surface area contributed by atoms with E-state index < -0.39 is 0 Å². The molecule has 0 aromatic heterocycles. The molecule has 1 aromatic carbocycles. The third kappa shape index (κ3) is 3.99. The third-order valence-corrected chi connectivity index (χ3v) is 4.34. The molecule has 1 atom stereocenters. The highest BCUT2D eigenvalue weighted by molar-refractivity contribution is 5.55. The van der Waals surface area contributed by atoms with Crippen molar-refractivity contribution in [2.75, 3.05) is 11.4 Å². The highest BCUT2D eigenvalue weighted by Gasteiger charge is 2.18. The predicted molar refractivity (Wildman–Crippen MR) is 88.4 cm³/mol. The van der Waals surface area contributed by atoms with Crippen molar-refractivity contribution in [1.82, 2.24) is 5.32 Å². The molecule has 0 bridgehead atoms. The molecule has 1 fully saturated rings. The zero-order valence-electron chi connectivity index (χ0n) is 13.6. The molecule has 1 N–H and O–H groups in total.